The molecule has 2 amide bonds. The summed E-state index contributed by atoms with van der Waals surface area (Å²) in [5, 5.41) is 2.95. The fraction of sp³-hybridized carbons (Fsp3) is 0.364. The standard InChI is InChI=1S/C22H27N3O2/c1-16-12-18(14-23)15-25(16)22(27)20(13-17-8-4-2-5-9-17)24-21(26)19-10-6-3-7-11-19/h2-11,16,18,20H,12-15,23H2,1H3,(H,24,26). The molecule has 2 aromatic carbocycles. The van der Waals surface area contributed by atoms with Gasteiger partial charge in [0.1, 0.15) is 6.04 Å². The predicted octanol–water partition coefficient (Wildman–Crippen LogP) is 2.22. The Morgan fingerprint density at radius 2 is 1.74 bits per heavy atom. The van der Waals surface area contributed by atoms with Gasteiger partial charge in [-0.05, 0) is 43.5 Å². The van der Waals surface area contributed by atoms with Crippen molar-refractivity contribution in [2.45, 2.75) is 31.8 Å². The van der Waals surface area contributed by atoms with Crippen LogP contribution in [0.1, 0.15) is 29.3 Å². The Balaban J connectivity index is 1.79. The molecular weight excluding hydrogens is 338 g/mol. The van der Waals surface area contributed by atoms with Crippen LogP contribution in [0.4, 0.5) is 0 Å². The highest BCUT2D eigenvalue weighted by Crippen LogP contribution is 2.23. The van der Waals surface area contributed by atoms with Crippen LogP contribution >= 0.6 is 0 Å². The number of nitrogens with two attached hydrogens (primary N) is 1. The van der Waals surface area contributed by atoms with Crippen LogP contribution in [0.3, 0.4) is 0 Å². The van der Waals surface area contributed by atoms with Crippen molar-refractivity contribution in [3.05, 3.63) is 71.8 Å². The number of hydrogen-bond donors (Lipinski definition) is 2. The van der Waals surface area contributed by atoms with Gasteiger partial charge in [0.15, 0.2) is 0 Å². The topological polar surface area (TPSA) is 75.4 Å². The molecule has 27 heavy (non-hydrogen) atoms. The zero-order valence-corrected chi connectivity index (χ0v) is 15.7. The Labute approximate surface area is 160 Å². The first-order valence-electron chi connectivity index (χ1n) is 9.49. The lowest BCUT2D eigenvalue weighted by atomic mass is 10.0. The van der Waals surface area contributed by atoms with Gasteiger partial charge < -0.3 is 16.0 Å². The summed E-state index contributed by atoms with van der Waals surface area (Å²) < 4.78 is 0. The largest absolute Gasteiger partial charge is 0.340 e. The number of nitrogens with zero attached hydrogens (tertiary/aromatic N) is 1. The van der Waals surface area contributed by atoms with Crippen molar-refractivity contribution in [3.8, 4) is 0 Å². The Morgan fingerprint density at radius 3 is 2.33 bits per heavy atom. The summed E-state index contributed by atoms with van der Waals surface area (Å²) in [4.78, 5) is 27.8. The number of likely N-dealkylation sites (tertiary alicyclic amines) is 1. The highest BCUT2D eigenvalue weighted by Gasteiger charge is 2.35. The van der Waals surface area contributed by atoms with Gasteiger partial charge in [-0.3, -0.25) is 9.59 Å². The molecule has 3 N–H and O–H groups in total. The first-order valence-corrected chi connectivity index (χ1v) is 9.49. The van der Waals surface area contributed by atoms with Gasteiger partial charge in [-0.2, -0.15) is 0 Å². The quantitative estimate of drug-likeness (QED) is 0.824. The summed E-state index contributed by atoms with van der Waals surface area (Å²) in [6.07, 6.45) is 1.38. The maximum atomic E-state index is 13.3. The molecule has 0 saturated carbocycles. The second-order valence-electron chi connectivity index (χ2n) is 7.26. The average molecular weight is 365 g/mol. The molecule has 0 radical (unpaired) electrons. The van der Waals surface area contributed by atoms with E-state index < -0.39 is 6.04 Å². The van der Waals surface area contributed by atoms with Gasteiger partial charge in [0, 0.05) is 24.6 Å². The minimum atomic E-state index is -0.598. The van der Waals surface area contributed by atoms with E-state index in [-0.39, 0.29) is 17.9 Å². The molecule has 2 aromatic rings. The van der Waals surface area contributed by atoms with Crippen molar-refractivity contribution in [2.24, 2.45) is 11.7 Å². The summed E-state index contributed by atoms with van der Waals surface area (Å²) in [5.74, 6) is 0.0600. The maximum Gasteiger partial charge on any atom is 0.251 e. The van der Waals surface area contributed by atoms with E-state index in [0.717, 1.165) is 12.0 Å². The molecule has 1 aliphatic rings. The average Bonchev–Trinajstić information content (AvgIpc) is 3.09. The summed E-state index contributed by atoms with van der Waals surface area (Å²) in [7, 11) is 0. The highest BCUT2D eigenvalue weighted by molar-refractivity contribution is 5.97. The third kappa shape index (κ3) is 4.74. The maximum absolute atomic E-state index is 13.3. The highest BCUT2D eigenvalue weighted by atomic mass is 16.2. The molecule has 5 heteroatoms. The Hall–Kier alpha value is -2.66. The van der Waals surface area contributed by atoms with E-state index in [4.69, 9.17) is 5.73 Å². The molecule has 1 fully saturated rings. The normalized spacial score (nSPS) is 20.3. The molecule has 0 aromatic heterocycles. The Kier molecular flexibility index (Phi) is 6.24. The van der Waals surface area contributed by atoms with E-state index in [1.54, 1.807) is 12.1 Å². The summed E-state index contributed by atoms with van der Waals surface area (Å²) >= 11 is 0. The molecule has 1 aliphatic heterocycles. The van der Waals surface area contributed by atoms with Gasteiger partial charge in [-0.25, -0.2) is 0 Å². The molecule has 0 aliphatic carbocycles. The zero-order valence-electron chi connectivity index (χ0n) is 15.7. The number of benzene rings is 2. The lowest BCUT2D eigenvalue weighted by molar-refractivity contribution is -0.133. The van der Waals surface area contributed by atoms with Gasteiger partial charge in [0.25, 0.3) is 5.91 Å². The van der Waals surface area contributed by atoms with E-state index in [2.05, 4.69) is 5.32 Å². The number of hydrogen-bond acceptors (Lipinski definition) is 3. The molecule has 1 saturated heterocycles. The first kappa shape index (κ1) is 19.1. The van der Waals surface area contributed by atoms with Gasteiger partial charge in [-0.15, -0.1) is 0 Å². The second-order valence-corrected chi connectivity index (χ2v) is 7.26. The zero-order chi connectivity index (χ0) is 19.2. The van der Waals surface area contributed by atoms with Crippen LogP contribution in [0.2, 0.25) is 0 Å². The van der Waals surface area contributed by atoms with Crippen LogP contribution in [-0.2, 0) is 11.2 Å². The van der Waals surface area contributed by atoms with Crippen molar-refractivity contribution >= 4 is 11.8 Å². The van der Waals surface area contributed by atoms with Crippen molar-refractivity contribution in [1.82, 2.24) is 10.2 Å². The summed E-state index contributed by atoms with van der Waals surface area (Å²) in [5.41, 5.74) is 7.38. The van der Waals surface area contributed by atoms with Crippen LogP contribution in [0.25, 0.3) is 0 Å². The monoisotopic (exact) mass is 365 g/mol. The second kappa shape index (κ2) is 8.82. The van der Waals surface area contributed by atoms with Gasteiger partial charge in [-0.1, -0.05) is 48.5 Å². The number of nitrogens with one attached hydrogen (secondary N) is 1. The number of carbonyl (C=O) groups is 2. The molecule has 1 heterocycles. The summed E-state index contributed by atoms with van der Waals surface area (Å²) in [6, 6.07) is 18.3. The van der Waals surface area contributed by atoms with Crippen LogP contribution in [-0.4, -0.2) is 41.9 Å². The fourth-order valence-electron chi connectivity index (χ4n) is 3.70. The lowest BCUT2D eigenvalue weighted by Crippen LogP contribution is -2.50. The molecule has 0 bridgehead atoms. The van der Waals surface area contributed by atoms with Gasteiger partial charge >= 0.3 is 0 Å². The lowest BCUT2D eigenvalue weighted by Gasteiger charge is -2.28. The third-order valence-electron chi connectivity index (χ3n) is 5.20. The molecule has 5 nitrogen and oxygen atoms in total. The number of carbonyl (C=O) groups excluding carboxylic acids is 2. The summed E-state index contributed by atoms with van der Waals surface area (Å²) in [6.45, 7) is 3.28. The van der Waals surface area contributed by atoms with E-state index in [1.807, 2.05) is 60.4 Å². The number of amides is 2. The van der Waals surface area contributed by atoms with Crippen molar-refractivity contribution in [2.75, 3.05) is 13.1 Å². The van der Waals surface area contributed by atoms with E-state index in [1.165, 1.54) is 0 Å². The molecule has 0 spiro atoms. The van der Waals surface area contributed by atoms with E-state index in [0.29, 0.717) is 31.0 Å². The first-order chi connectivity index (χ1) is 13.1. The third-order valence-corrected chi connectivity index (χ3v) is 5.20. The van der Waals surface area contributed by atoms with Gasteiger partial charge in [0.2, 0.25) is 5.91 Å². The van der Waals surface area contributed by atoms with Crippen LogP contribution in [0.15, 0.2) is 60.7 Å². The SMILES string of the molecule is CC1CC(CN)CN1C(=O)C(Cc1ccccc1)NC(=O)c1ccccc1. The van der Waals surface area contributed by atoms with Crippen molar-refractivity contribution in [3.63, 3.8) is 0 Å². The fourth-order valence-corrected chi connectivity index (χ4v) is 3.70. The van der Waals surface area contributed by atoms with Crippen LogP contribution in [0.5, 0.6) is 0 Å². The molecule has 3 unspecified atom stereocenters. The van der Waals surface area contributed by atoms with Crippen molar-refractivity contribution in [1.29, 1.82) is 0 Å². The number of rotatable bonds is 6. The van der Waals surface area contributed by atoms with E-state index in [9.17, 15) is 9.59 Å². The van der Waals surface area contributed by atoms with Crippen LogP contribution in [0, 0.1) is 5.92 Å². The van der Waals surface area contributed by atoms with Gasteiger partial charge in [0.05, 0.1) is 0 Å². The molecule has 142 valence electrons. The minimum Gasteiger partial charge on any atom is -0.340 e. The Morgan fingerprint density at radius 1 is 1.11 bits per heavy atom. The Bertz CT molecular complexity index is 764. The molecular formula is C22H27N3O2. The minimum absolute atomic E-state index is 0.0356. The van der Waals surface area contributed by atoms with Crippen molar-refractivity contribution < 1.29 is 9.59 Å². The van der Waals surface area contributed by atoms with Crippen LogP contribution < -0.4 is 11.1 Å². The molecule has 3 rings (SSSR count). The van der Waals surface area contributed by atoms with E-state index >= 15 is 0 Å². The predicted molar refractivity (Wildman–Crippen MR) is 106 cm³/mol. The smallest absolute Gasteiger partial charge is 0.251 e. The molecule has 3 atom stereocenters.